The lowest BCUT2D eigenvalue weighted by atomic mass is 10.0. The van der Waals surface area contributed by atoms with Crippen LogP contribution in [0.25, 0.3) is 22.3 Å². The van der Waals surface area contributed by atoms with E-state index in [2.05, 4.69) is 45.6 Å². The topological polar surface area (TPSA) is 126 Å². The summed E-state index contributed by atoms with van der Waals surface area (Å²) in [5, 5.41) is 21.3. The monoisotopic (exact) mass is 712 g/mol. The molecule has 52 heavy (non-hydrogen) atoms. The molecule has 0 spiro atoms. The van der Waals surface area contributed by atoms with E-state index in [9.17, 15) is 4.79 Å². The molecule has 2 aromatic heterocycles. The Balaban J connectivity index is 0.000000236. The van der Waals surface area contributed by atoms with Crippen molar-refractivity contribution in [2.75, 3.05) is 39.5 Å². The van der Waals surface area contributed by atoms with Gasteiger partial charge in [-0.3, -0.25) is 9.97 Å². The van der Waals surface area contributed by atoms with Gasteiger partial charge in [-0.15, -0.1) is 0 Å². The van der Waals surface area contributed by atoms with Crippen LogP contribution >= 0.6 is 0 Å². The van der Waals surface area contributed by atoms with Gasteiger partial charge in [-0.25, -0.2) is 4.79 Å². The largest absolute Gasteiger partial charge is 0.490 e. The summed E-state index contributed by atoms with van der Waals surface area (Å²) >= 11 is 0. The standard InChI is InChI=1S/C23H30N2O4.C18H22N2O2.CH4/c1-23(2,3)29-22(27)25-10-9-20(25)16-28-21-13-19(14-24-15-21)18-8-4-6-17(12-18)7-5-11-26;21-8-2-4-14-3-1-5-15(9-14)16-10-18(12-19-11-16)22-13-17-6-7-20-17;/h4,6,8,12-15,20,26H,5,7,9-11,16H2,1-3H3;1,3,5,9-12,17,20-21H,2,4,6-8,13H2;1H4/t20-;17-;/m00./s1. The number of pyridine rings is 2. The molecular weight excluding hydrogens is 656 g/mol. The van der Waals surface area contributed by atoms with E-state index in [4.69, 9.17) is 24.4 Å². The van der Waals surface area contributed by atoms with Crippen molar-refractivity contribution in [1.82, 2.24) is 20.2 Å². The normalized spacial score (nSPS) is 16.3. The number of rotatable bonds is 14. The number of benzene rings is 2. The fraction of sp³-hybridized carbons (Fsp3) is 0.452. The van der Waals surface area contributed by atoms with Crippen molar-refractivity contribution < 1.29 is 29.2 Å². The summed E-state index contributed by atoms with van der Waals surface area (Å²) in [7, 11) is 0. The Labute approximate surface area is 309 Å². The first kappa shape index (κ1) is 40.3. The third-order valence-electron chi connectivity index (χ3n) is 8.79. The van der Waals surface area contributed by atoms with Crippen LogP contribution in [-0.2, 0) is 17.6 Å². The van der Waals surface area contributed by atoms with Crippen LogP contribution in [0.15, 0.2) is 85.5 Å². The van der Waals surface area contributed by atoms with Gasteiger partial charge in [0.1, 0.15) is 30.3 Å². The molecule has 10 nitrogen and oxygen atoms in total. The molecule has 4 heterocycles. The summed E-state index contributed by atoms with van der Waals surface area (Å²) in [4.78, 5) is 22.5. The van der Waals surface area contributed by atoms with Gasteiger partial charge in [0.2, 0.25) is 0 Å². The second-order valence-electron chi connectivity index (χ2n) is 14.1. The van der Waals surface area contributed by atoms with Crippen molar-refractivity contribution in [3.8, 4) is 33.8 Å². The highest BCUT2D eigenvalue weighted by molar-refractivity contribution is 5.69. The molecule has 6 rings (SSSR count). The molecule has 1 amide bonds. The predicted molar refractivity (Wildman–Crippen MR) is 206 cm³/mol. The summed E-state index contributed by atoms with van der Waals surface area (Å²) in [6, 6.07) is 21.1. The first-order valence-electron chi connectivity index (χ1n) is 18.0. The fourth-order valence-electron chi connectivity index (χ4n) is 5.75. The highest BCUT2D eigenvalue weighted by Crippen LogP contribution is 2.27. The molecule has 2 aliphatic heterocycles. The first-order valence-corrected chi connectivity index (χ1v) is 18.0. The maximum Gasteiger partial charge on any atom is 0.410 e. The molecule has 0 radical (unpaired) electrons. The van der Waals surface area contributed by atoms with Gasteiger partial charge in [0.15, 0.2) is 0 Å². The minimum Gasteiger partial charge on any atom is -0.490 e. The van der Waals surface area contributed by atoms with E-state index in [-0.39, 0.29) is 32.8 Å². The number of ether oxygens (including phenoxy) is 3. The maximum atomic E-state index is 12.2. The number of hydrogen-bond acceptors (Lipinski definition) is 9. The molecule has 4 aromatic rings. The van der Waals surface area contributed by atoms with Gasteiger partial charge in [0, 0.05) is 49.3 Å². The van der Waals surface area contributed by atoms with Crippen LogP contribution in [0.5, 0.6) is 11.5 Å². The van der Waals surface area contributed by atoms with Gasteiger partial charge in [-0.2, -0.15) is 0 Å². The van der Waals surface area contributed by atoms with Crippen LogP contribution in [0.1, 0.15) is 65.0 Å². The molecule has 2 aromatic carbocycles. The van der Waals surface area contributed by atoms with E-state index < -0.39 is 5.60 Å². The highest BCUT2D eigenvalue weighted by atomic mass is 16.6. The second-order valence-corrected chi connectivity index (χ2v) is 14.1. The van der Waals surface area contributed by atoms with E-state index in [0.29, 0.717) is 31.5 Å². The average molecular weight is 713 g/mol. The van der Waals surface area contributed by atoms with Crippen molar-refractivity contribution in [2.45, 2.75) is 84.4 Å². The number of carbonyl (C=O) groups is 1. The molecule has 0 unspecified atom stereocenters. The minimum absolute atomic E-state index is 0. The van der Waals surface area contributed by atoms with Crippen molar-refractivity contribution in [1.29, 1.82) is 0 Å². The van der Waals surface area contributed by atoms with Gasteiger partial charge < -0.3 is 34.6 Å². The number of aryl methyl sites for hydroxylation is 2. The summed E-state index contributed by atoms with van der Waals surface area (Å²) in [6.45, 7) is 8.92. The minimum atomic E-state index is -0.498. The van der Waals surface area contributed by atoms with E-state index in [1.54, 1.807) is 17.3 Å². The Kier molecular flexibility index (Phi) is 15.4. The molecule has 2 aliphatic rings. The van der Waals surface area contributed by atoms with E-state index in [0.717, 1.165) is 66.7 Å². The van der Waals surface area contributed by atoms with Crippen LogP contribution in [0, 0.1) is 0 Å². The Hall–Kier alpha value is -4.51. The average Bonchev–Trinajstić information content (AvgIpc) is 3.09. The molecule has 2 saturated heterocycles. The third-order valence-corrected chi connectivity index (χ3v) is 8.79. The number of likely N-dealkylation sites (tertiary alicyclic amines) is 1. The zero-order valence-electron chi connectivity index (χ0n) is 30.1. The second kappa shape index (κ2) is 19.9. The first-order chi connectivity index (χ1) is 24.7. The lowest BCUT2D eigenvalue weighted by molar-refractivity contribution is -0.0141. The Morgan fingerprint density at radius 2 is 1.33 bits per heavy atom. The summed E-state index contributed by atoms with van der Waals surface area (Å²) in [5.41, 5.74) is 6.16. The number of hydrogen-bond donors (Lipinski definition) is 3. The maximum absolute atomic E-state index is 12.2. The van der Waals surface area contributed by atoms with Crippen LogP contribution in [-0.4, -0.2) is 88.4 Å². The van der Waals surface area contributed by atoms with Crippen molar-refractivity contribution in [2.24, 2.45) is 0 Å². The summed E-state index contributed by atoms with van der Waals surface area (Å²) in [5.74, 6) is 1.49. The molecule has 2 atom stereocenters. The zero-order valence-corrected chi connectivity index (χ0v) is 30.1. The Morgan fingerprint density at radius 3 is 1.77 bits per heavy atom. The van der Waals surface area contributed by atoms with Crippen LogP contribution in [0.3, 0.4) is 0 Å². The van der Waals surface area contributed by atoms with Gasteiger partial charge in [0.25, 0.3) is 0 Å². The van der Waals surface area contributed by atoms with E-state index >= 15 is 0 Å². The smallest absolute Gasteiger partial charge is 0.410 e. The van der Waals surface area contributed by atoms with Gasteiger partial charge in [-0.05, 0) is 100 Å². The number of aliphatic hydroxyl groups excluding tert-OH is 2. The molecule has 3 N–H and O–H groups in total. The third kappa shape index (κ3) is 12.3. The molecule has 0 aliphatic carbocycles. The number of amides is 1. The van der Waals surface area contributed by atoms with Gasteiger partial charge in [-0.1, -0.05) is 56.0 Å². The number of nitrogens with one attached hydrogen (secondary N) is 1. The molecule has 10 heteroatoms. The van der Waals surface area contributed by atoms with E-state index in [1.165, 1.54) is 17.5 Å². The summed E-state index contributed by atoms with van der Waals surface area (Å²) < 4.78 is 17.2. The number of aliphatic hydroxyl groups is 2. The predicted octanol–water partition coefficient (Wildman–Crippen LogP) is 7.11. The quantitative estimate of drug-likeness (QED) is 0.125. The zero-order chi connectivity index (χ0) is 36.1. The van der Waals surface area contributed by atoms with Crippen LogP contribution in [0.4, 0.5) is 4.79 Å². The van der Waals surface area contributed by atoms with Crippen LogP contribution in [0.2, 0.25) is 0 Å². The fourth-order valence-corrected chi connectivity index (χ4v) is 5.75. The molecule has 0 bridgehead atoms. The highest BCUT2D eigenvalue weighted by Gasteiger charge is 2.35. The lowest BCUT2D eigenvalue weighted by Gasteiger charge is -2.40. The van der Waals surface area contributed by atoms with Crippen molar-refractivity contribution in [3.63, 3.8) is 0 Å². The SMILES string of the molecule is C.CC(C)(C)OC(=O)N1CC[C@H]1COc1cncc(-c2cccc(CCCO)c2)c1.OCCCc1cccc(-c2cncc(OC[C@@H]3CCN3)c2)c1. The Bertz CT molecular complexity index is 1690. The number of aromatic nitrogens is 2. The molecule has 280 valence electrons. The van der Waals surface area contributed by atoms with Crippen LogP contribution < -0.4 is 14.8 Å². The molecule has 0 saturated carbocycles. The van der Waals surface area contributed by atoms with E-state index in [1.807, 2.05) is 63.5 Å². The molecule has 2 fully saturated rings. The number of nitrogens with zero attached hydrogens (tertiary/aromatic N) is 3. The molecular formula is C42H56N4O6. The summed E-state index contributed by atoms with van der Waals surface area (Å²) in [6.07, 6.45) is 12.2. The number of carbonyl (C=O) groups excluding carboxylic acids is 1. The van der Waals surface area contributed by atoms with Crippen molar-refractivity contribution >= 4 is 6.09 Å². The lowest BCUT2D eigenvalue weighted by Crippen LogP contribution is -2.55. The van der Waals surface area contributed by atoms with Gasteiger partial charge >= 0.3 is 6.09 Å². The van der Waals surface area contributed by atoms with Gasteiger partial charge in [0.05, 0.1) is 18.4 Å². The Morgan fingerprint density at radius 1 is 0.788 bits per heavy atom. The van der Waals surface area contributed by atoms with Crippen molar-refractivity contribution in [3.05, 3.63) is 96.6 Å².